The molecule has 0 spiro atoms. The smallest absolute Gasteiger partial charge is 0.148 e. The molecule has 0 bridgehead atoms. The molecule has 1 N–H and O–H groups in total. The van der Waals surface area contributed by atoms with Crippen molar-refractivity contribution in [3.8, 4) is 0 Å². The summed E-state index contributed by atoms with van der Waals surface area (Å²) < 4.78 is 5.84. The molecule has 0 saturated carbocycles. The van der Waals surface area contributed by atoms with Gasteiger partial charge in [0, 0.05) is 43.7 Å². The number of rotatable bonds is 6. The standard InChI is InChI=1S/C16H23N5OS/c1-12(2)16-19-13(11-23-16)9-21-6-7-22-14(10-21)8-17-15-4-3-5-18-20-15/h3-5,11-12,14H,6-10H2,1-2H3,(H,17,20)/t14-/m1/s1. The Morgan fingerprint density at radius 2 is 2.39 bits per heavy atom. The molecule has 1 aliphatic heterocycles. The highest BCUT2D eigenvalue weighted by molar-refractivity contribution is 7.09. The second-order valence-electron chi connectivity index (χ2n) is 6.05. The van der Waals surface area contributed by atoms with Gasteiger partial charge in [-0.15, -0.1) is 16.4 Å². The Hall–Kier alpha value is -1.57. The fourth-order valence-electron chi connectivity index (χ4n) is 2.55. The van der Waals surface area contributed by atoms with Gasteiger partial charge in [0.05, 0.1) is 23.4 Å². The van der Waals surface area contributed by atoms with E-state index in [-0.39, 0.29) is 6.10 Å². The number of thiazole rings is 1. The van der Waals surface area contributed by atoms with Crippen LogP contribution in [0.5, 0.6) is 0 Å². The molecule has 1 saturated heterocycles. The lowest BCUT2D eigenvalue weighted by molar-refractivity contribution is -0.0244. The Morgan fingerprint density at radius 1 is 1.48 bits per heavy atom. The highest BCUT2D eigenvalue weighted by Crippen LogP contribution is 2.20. The molecule has 23 heavy (non-hydrogen) atoms. The normalized spacial score (nSPS) is 19.2. The second kappa shape index (κ2) is 7.81. The van der Waals surface area contributed by atoms with Gasteiger partial charge in [0.1, 0.15) is 5.82 Å². The van der Waals surface area contributed by atoms with E-state index in [1.165, 1.54) is 10.7 Å². The first-order valence-electron chi connectivity index (χ1n) is 8.00. The van der Waals surface area contributed by atoms with Gasteiger partial charge in [0.15, 0.2) is 0 Å². The Labute approximate surface area is 140 Å². The number of hydrogen-bond acceptors (Lipinski definition) is 7. The molecule has 0 amide bonds. The monoisotopic (exact) mass is 333 g/mol. The van der Waals surface area contributed by atoms with Crippen molar-refractivity contribution in [2.45, 2.75) is 32.4 Å². The van der Waals surface area contributed by atoms with Gasteiger partial charge in [-0.1, -0.05) is 13.8 Å². The van der Waals surface area contributed by atoms with Crippen molar-refractivity contribution in [1.82, 2.24) is 20.1 Å². The number of hydrogen-bond donors (Lipinski definition) is 1. The fourth-order valence-corrected chi connectivity index (χ4v) is 3.38. The molecule has 1 atom stereocenters. The molecule has 1 aliphatic rings. The van der Waals surface area contributed by atoms with E-state index in [0.29, 0.717) is 5.92 Å². The zero-order valence-electron chi connectivity index (χ0n) is 13.6. The Balaban J connectivity index is 1.49. The van der Waals surface area contributed by atoms with Crippen molar-refractivity contribution >= 4 is 17.2 Å². The van der Waals surface area contributed by atoms with Crippen LogP contribution in [0.15, 0.2) is 23.7 Å². The van der Waals surface area contributed by atoms with Crippen LogP contribution in [-0.4, -0.2) is 52.4 Å². The first-order chi connectivity index (χ1) is 11.2. The van der Waals surface area contributed by atoms with Crippen molar-refractivity contribution in [2.75, 3.05) is 31.6 Å². The predicted octanol–water partition coefficient (Wildman–Crippen LogP) is 2.37. The molecule has 6 nitrogen and oxygen atoms in total. The molecular formula is C16H23N5OS. The molecule has 124 valence electrons. The SMILES string of the molecule is CC(C)c1nc(CN2CCO[C@H](CNc3cccnn3)C2)cs1. The van der Waals surface area contributed by atoms with Crippen LogP contribution in [0.25, 0.3) is 0 Å². The molecule has 3 heterocycles. The molecule has 0 aliphatic carbocycles. The highest BCUT2D eigenvalue weighted by Gasteiger charge is 2.21. The third-order valence-electron chi connectivity index (χ3n) is 3.76. The van der Waals surface area contributed by atoms with E-state index in [2.05, 4.69) is 39.6 Å². The molecule has 0 aromatic carbocycles. The molecule has 7 heteroatoms. The van der Waals surface area contributed by atoms with E-state index in [1.807, 2.05) is 12.1 Å². The minimum absolute atomic E-state index is 0.161. The van der Waals surface area contributed by atoms with Gasteiger partial charge in [0.25, 0.3) is 0 Å². The van der Waals surface area contributed by atoms with Gasteiger partial charge in [-0.25, -0.2) is 4.98 Å². The minimum atomic E-state index is 0.161. The Morgan fingerprint density at radius 3 is 3.13 bits per heavy atom. The third-order valence-corrected chi connectivity index (χ3v) is 4.95. The van der Waals surface area contributed by atoms with E-state index in [4.69, 9.17) is 9.72 Å². The third kappa shape index (κ3) is 4.70. The lowest BCUT2D eigenvalue weighted by Gasteiger charge is -2.32. The highest BCUT2D eigenvalue weighted by atomic mass is 32.1. The topological polar surface area (TPSA) is 63.2 Å². The van der Waals surface area contributed by atoms with Crippen molar-refractivity contribution in [2.24, 2.45) is 0 Å². The van der Waals surface area contributed by atoms with E-state index >= 15 is 0 Å². The largest absolute Gasteiger partial charge is 0.374 e. The summed E-state index contributed by atoms with van der Waals surface area (Å²) in [6.07, 6.45) is 1.83. The Kier molecular flexibility index (Phi) is 5.53. The molecule has 0 unspecified atom stereocenters. The van der Waals surface area contributed by atoms with Crippen LogP contribution in [0.1, 0.15) is 30.5 Å². The number of ether oxygens (including phenoxy) is 1. The average Bonchev–Trinajstić information content (AvgIpc) is 3.03. The van der Waals surface area contributed by atoms with E-state index < -0.39 is 0 Å². The fraction of sp³-hybridized carbons (Fsp3) is 0.562. The summed E-state index contributed by atoms with van der Waals surface area (Å²) in [5.74, 6) is 1.29. The van der Waals surface area contributed by atoms with Crippen molar-refractivity contribution in [1.29, 1.82) is 0 Å². The quantitative estimate of drug-likeness (QED) is 0.876. The molecule has 1 fully saturated rings. The summed E-state index contributed by atoms with van der Waals surface area (Å²) in [5, 5.41) is 14.6. The van der Waals surface area contributed by atoms with Gasteiger partial charge in [-0.2, -0.15) is 5.10 Å². The van der Waals surface area contributed by atoms with Crippen LogP contribution < -0.4 is 5.32 Å². The van der Waals surface area contributed by atoms with Crippen LogP contribution in [0.4, 0.5) is 5.82 Å². The molecule has 2 aromatic heterocycles. The zero-order chi connectivity index (χ0) is 16.1. The number of nitrogens with one attached hydrogen (secondary N) is 1. The second-order valence-corrected chi connectivity index (χ2v) is 6.94. The first kappa shape index (κ1) is 16.3. The first-order valence-corrected chi connectivity index (χ1v) is 8.88. The maximum absolute atomic E-state index is 5.84. The van der Waals surface area contributed by atoms with Crippen molar-refractivity contribution in [3.05, 3.63) is 34.4 Å². The molecule has 2 aromatic rings. The number of morpholine rings is 1. The number of aromatic nitrogens is 3. The van der Waals surface area contributed by atoms with E-state index in [0.717, 1.165) is 38.6 Å². The summed E-state index contributed by atoms with van der Waals surface area (Å²) >= 11 is 1.76. The lowest BCUT2D eigenvalue weighted by atomic mass is 10.2. The maximum atomic E-state index is 5.84. The van der Waals surface area contributed by atoms with Gasteiger partial charge in [-0.3, -0.25) is 4.90 Å². The van der Waals surface area contributed by atoms with Crippen LogP contribution in [-0.2, 0) is 11.3 Å². The van der Waals surface area contributed by atoms with Crippen LogP contribution in [0.3, 0.4) is 0 Å². The predicted molar refractivity (Wildman–Crippen MR) is 91.7 cm³/mol. The van der Waals surface area contributed by atoms with E-state index in [9.17, 15) is 0 Å². The Bertz CT molecular complexity index is 604. The van der Waals surface area contributed by atoms with Crippen molar-refractivity contribution in [3.63, 3.8) is 0 Å². The molecular weight excluding hydrogens is 310 g/mol. The summed E-state index contributed by atoms with van der Waals surface area (Å²) in [6, 6.07) is 3.79. The molecule has 0 radical (unpaired) electrons. The van der Waals surface area contributed by atoms with Crippen molar-refractivity contribution < 1.29 is 4.74 Å². The van der Waals surface area contributed by atoms with E-state index in [1.54, 1.807) is 17.5 Å². The average molecular weight is 333 g/mol. The summed E-state index contributed by atoms with van der Waals surface area (Å²) in [6.45, 7) is 8.63. The van der Waals surface area contributed by atoms with Gasteiger partial charge < -0.3 is 10.1 Å². The summed E-state index contributed by atoms with van der Waals surface area (Å²) in [7, 11) is 0. The lowest BCUT2D eigenvalue weighted by Crippen LogP contribution is -2.44. The minimum Gasteiger partial charge on any atom is -0.374 e. The van der Waals surface area contributed by atoms with Crippen LogP contribution >= 0.6 is 11.3 Å². The van der Waals surface area contributed by atoms with Gasteiger partial charge >= 0.3 is 0 Å². The molecule has 3 rings (SSSR count). The maximum Gasteiger partial charge on any atom is 0.148 e. The van der Waals surface area contributed by atoms with Crippen LogP contribution in [0.2, 0.25) is 0 Å². The van der Waals surface area contributed by atoms with Gasteiger partial charge in [0.2, 0.25) is 0 Å². The summed E-state index contributed by atoms with van der Waals surface area (Å²) in [5.41, 5.74) is 1.17. The summed E-state index contributed by atoms with van der Waals surface area (Å²) in [4.78, 5) is 7.13. The van der Waals surface area contributed by atoms with Crippen LogP contribution in [0, 0.1) is 0 Å². The number of nitrogens with zero attached hydrogens (tertiary/aromatic N) is 4. The van der Waals surface area contributed by atoms with Gasteiger partial charge in [-0.05, 0) is 12.1 Å². The zero-order valence-corrected chi connectivity index (χ0v) is 14.4. The number of anilines is 1.